The normalized spacial score (nSPS) is 10.8. The first-order chi connectivity index (χ1) is 14.0. The predicted octanol–water partition coefficient (Wildman–Crippen LogP) is 4.14. The molecule has 6 heteroatoms. The van der Waals surface area contributed by atoms with Gasteiger partial charge in [0.1, 0.15) is 5.82 Å². The van der Waals surface area contributed by atoms with Crippen LogP contribution in [0.15, 0.2) is 77.7 Å². The predicted molar refractivity (Wildman–Crippen MR) is 111 cm³/mol. The molecule has 0 aliphatic rings. The number of aromatic nitrogens is 2. The number of pyridine rings is 2. The van der Waals surface area contributed by atoms with Crippen LogP contribution >= 0.6 is 0 Å². The monoisotopic (exact) mass is 387 g/mol. The largest absolute Gasteiger partial charge is 0.322 e. The van der Waals surface area contributed by atoms with Crippen molar-refractivity contribution in [1.82, 2.24) is 9.55 Å². The highest BCUT2D eigenvalue weighted by Gasteiger charge is 2.14. The molecular formula is C23H18FN3O2. The molecule has 0 aliphatic carbocycles. The summed E-state index contributed by atoms with van der Waals surface area (Å²) in [6.45, 7) is 2.15. The number of anilines is 1. The summed E-state index contributed by atoms with van der Waals surface area (Å²) in [5.41, 5.74) is 2.60. The molecule has 0 aliphatic heterocycles. The second-order valence-corrected chi connectivity index (χ2v) is 6.75. The molecule has 1 N–H and O–H groups in total. The van der Waals surface area contributed by atoms with Crippen LogP contribution in [0, 0.1) is 12.7 Å². The minimum atomic E-state index is -0.402. The van der Waals surface area contributed by atoms with Gasteiger partial charge in [-0.2, -0.15) is 0 Å². The highest BCUT2D eigenvalue weighted by atomic mass is 19.1. The third-order valence-corrected chi connectivity index (χ3v) is 4.69. The fourth-order valence-electron chi connectivity index (χ4n) is 3.17. The Bertz CT molecular complexity index is 1250. The van der Waals surface area contributed by atoms with Crippen LogP contribution in [0.2, 0.25) is 0 Å². The van der Waals surface area contributed by atoms with Gasteiger partial charge < -0.3 is 9.88 Å². The van der Waals surface area contributed by atoms with Gasteiger partial charge in [-0.25, -0.2) is 4.39 Å². The van der Waals surface area contributed by atoms with Crippen molar-refractivity contribution >= 4 is 22.5 Å². The lowest BCUT2D eigenvalue weighted by atomic mass is 10.1. The molecule has 0 saturated heterocycles. The number of aryl methyl sites for hydroxylation is 1. The molecule has 2 aromatic heterocycles. The third-order valence-electron chi connectivity index (χ3n) is 4.69. The molecule has 0 fully saturated rings. The lowest BCUT2D eigenvalue weighted by molar-refractivity contribution is 0.102. The average molecular weight is 387 g/mol. The molecule has 2 aromatic carbocycles. The lowest BCUT2D eigenvalue weighted by Crippen LogP contribution is -2.22. The maximum atomic E-state index is 13.1. The maximum Gasteiger partial charge on any atom is 0.260 e. The number of carbonyl (C=O) groups is 1. The zero-order chi connectivity index (χ0) is 20.4. The number of hydrogen-bond acceptors (Lipinski definition) is 3. The van der Waals surface area contributed by atoms with Crippen LogP contribution in [0.5, 0.6) is 0 Å². The molecule has 0 spiro atoms. The minimum absolute atomic E-state index is 0.213. The van der Waals surface area contributed by atoms with E-state index in [1.165, 1.54) is 24.3 Å². The summed E-state index contributed by atoms with van der Waals surface area (Å²) < 4.78 is 14.7. The second kappa shape index (κ2) is 7.67. The van der Waals surface area contributed by atoms with Gasteiger partial charge in [0, 0.05) is 11.9 Å². The van der Waals surface area contributed by atoms with E-state index in [0.29, 0.717) is 34.4 Å². The lowest BCUT2D eigenvalue weighted by Gasteiger charge is -2.11. The summed E-state index contributed by atoms with van der Waals surface area (Å²) in [6, 6.07) is 18.5. The zero-order valence-electron chi connectivity index (χ0n) is 15.7. The number of amides is 1. The van der Waals surface area contributed by atoms with Crippen LogP contribution in [0.1, 0.15) is 21.6 Å². The van der Waals surface area contributed by atoms with E-state index in [4.69, 9.17) is 0 Å². The van der Waals surface area contributed by atoms with Crippen LogP contribution in [-0.2, 0) is 6.54 Å². The van der Waals surface area contributed by atoms with Gasteiger partial charge in [0.25, 0.3) is 11.5 Å². The summed E-state index contributed by atoms with van der Waals surface area (Å²) in [6.07, 6.45) is 1.71. The smallest absolute Gasteiger partial charge is 0.260 e. The molecule has 4 aromatic rings. The Morgan fingerprint density at radius 2 is 1.79 bits per heavy atom. The van der Waals surface area contributed by atoms with E-state index in [0.717, 1.165) is 5.56 Å². The first-order valence-electron chi connectivity index (χ1n) is 9.13. The molecule has 2 heterocycles. The Balaban J connectivity index is 1.70. The SMILES string of the molecule is Cc1nc2ccn(Cc3ccccc3)c(=O)c2cc1C(=O)Nc1ccc(F)cc1. The summed E-state index contributed by atoms with van der Waals surface area (Å²) in [5, 5.41) is 3.08. The van der Waals surface area contributed by atoms with Crippen molar-refractivity contribution < 1.29 is 9.18 Å². The summed E-state index contributed by atoms with van der Waals surface area (Å²) in [4.78, 5) is 30.1. The Hall–Kier alpha value is -3.80. The molecule has 0 saturated carbocycles. The van der Waals surface area contributed by atoms with Crippen LogP contribution in [0.4, 0.5) is 10.1 Å². The van der Waals surface area contributed by atoms with E-state index in [2.05, 4.69) is 10.3 Å². The number of halogens is 1. The topological polar surface area (TPSA) is 64.0 Å². The van der Waals surface area contributed by atoms with E-state index >= 15 is 0 Å². The molecule has 29 heavy (non-hydrogen) atoms. The molecule has 0 bridgehead atoms. The second-order valence-electron chi connectivity index (χ2n) is 6.75. The Morgan fingerprint density at radius 3 is 2.52 bits per heavy atom. The number of rotatable bonds is 4. The van der Waals surface area contributed by atoms with Crippen molar-refractivity contribution in [3.8, 4) is 0 Å². The van der Waals surface area contributed by atoms with E-state index in [1.54, 1.807) is 29.8 Å². The van der Waals surface area contributed by atoms with Crippen molar-refractivity contribution in [2.24, 2.45) is 0 Å². The van der Waals surface area contributed by atoms with Gasteiger partial charge in [0.15, 0.2) is 0 Å². The molecule has 5 nitrogen and oxygen atoms in total. The van der Waals surface area contributed by atoms with E-state index in [1.807, 2.05) is 30.3 Å². The van der Waals surface area contributed by atoms with Crippen molar-refractivity contribution in [2.45, 2.75) is 13.5 Å². The van der Waals surface area contributed by atoms with Crippen LogP contribution in [0.25, 0.3) is 10.9 Å². The zero-order valence-corrected chi connectivity index (χ0v) is 15.7. The molecule has 1 amide bonds. The number of hydrogen-bond donors (Lipinski definition) is 1. The maximum absolute atomic E-state index is 13.1. The summed E-state index contributed by atoms with van der Waals surface area (Å²) in [7, 11) is 0. The van der Waals surface area contributed by atoms with Crippen molar-refractivity contribution in [3.63, 3.8) is 0 Å². The Labute approximate surface area is 166 Å². The molecule has 144 valence electrons. The quantitative estimate of drug-likeness (QED) is 0.572. The van der Waals surface area contributed by atoms with Gasteiger partial charge >= 0.3 is 0 Å². The number of benzene rings is 2. The first kappa shape index (κ1) is 18.6. The molecule has 4 rings (SSSR count). The van der Waals surface area contributed by atoms with Crippen molar-refractivity contribution in [3.05, 3.63) is 106 Å². The molecule has 0 atom stereocenters. The van der Waals surface area contributed by atoms with Gasteiger partial charge in [0.2, 0.25) is 0 Å². The van der Waals surface area contributed by atoms with Crippen LogP contribution in [0.3, 0.4) is 0 Å². The fraction of sp³-hybridized carbons (Fsp3) is 0.0870. The number of carbonyl (C=O) groups excluding carboxylic acids is 1. The molecule has 0 radical (unpaired) electrons. The number of nitrogens with one attached hydrogen (secondary N) is 1. The standard InChI is InChI=1S/C23H18FN3O2/c1-15-19(22(28)26-18-9-7-17(24)8-10-18)13-20-21(25-15)11-12-27(23(20)29)14-16-5-3-2-4-6-16/h2-13H,14H2,1H3,(H,26,28). The Kier molecular flexibility index (Phi) is 4.91. The summed E-state index contributed by atoms with van der Waals surface area (Å²) >= 11 is 0. The first-order valence-corrected chi connectivity index (χ1v) is 9.13. The van der Waals surface area contributed by atoms with E-state index in [-0.39, 0.29) is 11.4 Å². The minimum Gasteiger partial charge on any atom is -0.322 e. The number of nitrogens with zero attached hydrogens (tertiary/aromatic N) is 2. The van der Waals surface area contributed by atoms with Gasteiger partial charge in [-0.1, -0.05) is 30.3 Å². The van der Waals surface area contributed by atoms with Crippen molar-refractivity contribution in [2.75, 3.05) is 5.32 Å². The highest BCUT2D eigenvalue weighted by molar-refractivity contribution is 6.06. The van der Waals surface area contributed by atoms with Gasteiger partial charge in [0.05, 0.1) is 28.7 Å². The van der Waals surface area contributed by atoms with Crippen LogP contribution < -0.4 is 10.9 Å². The molecular weight excluding hydrogens is 369 g/mol. The summed E-state index contributed by atoms with van der Waals surface area (Å²) in [5.74, 6) is -0.785. The van der Waals surface area contributed by atoms with Crippen LogP contribution in [-0.4, -0.2) is 15.5 Å². The van der Waals surface area contributed by atoms with Gasteiger partial charge in [-0.3, -0.25) is 14.6 Å². The average Bonchev–Trinajstić information content (AvgIpc) is 2.72. The number of fused-ring (bicyclic) bond motifs is 1. The fourth-order valence-corrected chi connectivity index (χ4v) is 3.17. The van der Waals surface area contributed by atoms with Gasteiger partial charge in [-0.15, -0.1) is 0 Å². The van der Waals surface area contributed by atoms with E-state index < -0.39 is 5.91 Å². The third kappa shape index (κ3) is 3.91. The van der Waals surface area contributed by atoms with Crippen molar-refractivity contribution in [1.29, 1.82) is 0 Å². The van der Waals surface area contributed by atoms with E-state index in [9.17, 15) is 14.0 Å². The van der Waals surface area contributed by atoms with Gasteiger partial charge in [-0.05, 0) is 48.9 Å². The highest BCUT2D eigenvalue weighted by Crippen LogP contribution is 2.16. The Morgan fingerprint density at radius 1 is 1.07 bits per heavy atom. The molecule has 0 unspecified atom stereocenters.